The van der Waals surface area contributed by atoms with Gasteiger partial charge in [0.05, 0.1) is 16.7 Å². The number of likely N-dealkylation sites (tertiary alicyclic amines) is 1. The number of H-pyrrole nitrogens is 1. The predicted octanol–water partition coefficient (Wildman–Crippen LogP) is 3.56. The van der Waals surface area contributed by atoms with Crippen LogP contribution in [0.25, 0.3) is 22.6 Å². The summed E-state index contributed by atoms with van der Waals surface area (Å²) in [5, 5.41) is 3.72. The summed E-state index contributed by atoms with van der Waals surface area (Å²) in [4.78, 5) is 31.3. The molecule has 0 spiro atoms. The highest BCUT2D eigenvalue weighted by Gasteiger charge is 2.23. The second kappa shape index (κ2) is 9.30. The Morgan fingerprint density at radius 2 is 1.91 bits per heavy atom. The largest absolute Gasteiger partial charge is 0.379 e. The quantitative estimate of drug-likeness (QED) is 0.545. The first-order chi connectivity index (χ1) is 16.0. The molecule has 2 saturated heterocycles. The number of likely N-dealkylation sites (N-methyl/N-ethyl adjacent to an activating group) is 1. The van der Waals surface area contributed by atoms with Crippen LogP contribution >= 0.6 is 15.9 Å². The molecule has 9 heteroatoms. The van der Waals surface area contributed by atoms with Crippen molar-refractivity contribution in [2.75, 3.05) is 56.5 Å². The first-order valence-corrected chi connectivity index (χ1v) is 12.4. The maximum atomic E-state index is 12.0. The van der Waals surface area contributed by atoms with Crippen LogP contribution in [0.5, 0.6) is 0 Å². The van der Waals surface area contributed by atoms with E-state index in [1.54, 1.807) is 4.90 Å². The molecule has 2 fully saturated rings. The van der Waals surface area contributed by atoms with Gasteiger partial charge in [-0.25, -0.2) is 9.97 Å². The molecule has 2 aromatic heterocycles. The SMILES string of the molecule is CCN1CCC(Nc2c(Br)cnc3[nH]c(-c4ccc(N5CCN(C)C(=O)C5)cc4)nc23)CC1. The fourth-order valence-electron chi connectivity index (χ4n) is 4.61. The number of imidazole rings is 1. The molecule has 2 aliphatic heterocycles. The first kappa shape index (κ1) is 22.2. The van der Waals surface area contributed by atoms with Gasteiger partial charge in [-0.15, -0.1) is 0 Å². The minimum atomic E-state index is 0.152. The van der Waals surface area contributed by atoms with Crippen molar-refractivity contribution in [2.24, 2.45) is 0 Å². The number of nitrogens with zero attached hydrogens (tertiary/aromatic N) is 5. The second-order valence-corrected chi connectivity index (χ2v) is 9.75. The molecule has 5 rings (SSSR count). The summed E-state index contributed by atoms with van der Waals surface area (Å²) in [6.45, 7) is 7.59. The van der Waals surface area contributed by atoms with Gasteiger partial charge in [-0.3, -0.25) is 4.79 Å². The number of anilines is 2. The fourth-order valence-corrected chi connectivity index (χ4v) is 5.02. The van der Waals surface area contributed by atoms with Gasteiger partial charge in [0, 0.05) is 56.7 Å². The van der Waals surface area contributed by atoms with E-state index >= 15 is 0 Å². The molecule has 4 heterocycles. The van der Waals surface area contributed by atoms with E-state index < -0.39 is 0 Å². The van der Waals surface area contributed by atoms with Gasteiger partial charge in [0.2, 0.25) is 5.91 Å². The normalized spacial score (nSPS) is 18.3. The Bertz CT molecular complexity index is 1140. The minimum Gasteiger partial charge on any atom is -0.379 e. The van der Waals surface area contributed by atoms with Crippen molar-refractivity contribution in [1.82, 2.24) is 24.8 Å². The number of halogens is 1. The molecule has 0 aliphatic carbocycles. The lowest BCUT2D eigenvalue weighted by Crippen LogP contribution is -2.48. The Morgan fingerprint density at radius 3 is 2.61 bits per heavy atom. The Kier molecular flexibility index (Phi) is 6.25. The standard InChI is InChI=1S/C24H30BrN7O/c1-3-31-10-8-17(9-11-31)27-21-19(25)14-26-24-22(21)28-23(29-24)16-4-6-18(7-5-16)32-13-12-30(2)20(33)15-32/h4-7,14,17H,3,8-13,15H2,1-2H3,(H2,26,27,28,29). The topological polar surface area (TPSA) is 80.4 Å². The maximum absolute atomic E-state index is 12.0. The van der Waals surface area contributed by atoms with Crippen LogP contribution in [0.3, 0.4) is 0 Å². The van der Waals surface area contributed by atoms with Gasteiger partial charge in [-0.2, -0.15) is 0 Å². The summed E-state index contributed by atoms with van der Waals surface area (Å²) >= 11 is 3.67. The van der Waals surface area contributed by atoms with E-state index in [2.05, 4.69) is 72.2 Å². The molecular formula is C24H30BrN7O. The number of hydrogen-bond acceptors (Lipinski definition) is 6. The van der Waals surface area contributed by atoms with E-state index in [9.17, 15) is 4.79 Å². The number of aromatic nitrogens is 3. The number of nitrogens with one attached hydrogen (secondary N) is 2. The zero-order valence-electron chi connectivity index (χ0n) is 19.1. The summed E-state index contributed by atoms with van der Waals surface area (Å²) in [7, 11) is 1.86. The van der Waals surface area contributed by atoms with E-state index in [1.165, 1.54) is 0 Å². The van der Waals surface area contributed by atoms with Crippen molar-refractivity contribution in [2.45, 2.75) is 25.8 Å². The van der Waals surface area contributed by atoms with Crippen molar-refractivity contribution in [1.29, 1.82) is 0 Å². The first-order valence-electron chi connectivity index (χ1n) is 11.6. The third-order valence-electron chi connectivity index (χ3n) is 6.81. The van der Waals surface area contributed by atoms with E-state index in [0.29, 0.717) is 12.6 Å². The van der Waals surface area contributed by atoms with Gasteiger partial charge in [-0.1, -0.05) is 6.92 Å². The lowest BCUT2D eigenvalue weighted by molar-refractivity contribution is -0.129. The van der Waals surface area contributed by atoms with Gasteiger partial charge in [0.15, 0.2) is 5.65 Å². The zero-order valence-corrected chi connectivity index (χ0v) is 20.7. The highest BCUT2D eigenvalue weighted by Crippen LogP contribution is 2.33. The van der Waals surface area contributed by atoms with Crippen LogP contribution in [0.2, 0.25) is 0 Å². The maximum Gasteiger partial charge on any atom is 0.241 e. The molecule has 0 radical (unpaired) electrons. The van der Waals surface area contributed by atoms with Crippen LogP contribution in [0.15, 0.2) is 34.9 Å². The number of amides is 1. The summed E-state index contributed by atoms with van der Waals surface area (Å²) < 4.78 is 0.932. The average molecular weight is 512 g/mol. The van der Waals surface area contributed by atoms with Crippen LogP contribution < -0.4 is 10.2 Å². The van der Waals surface area contributed by atoms with Crippen molar-refractivity contribution in [3.63, 3.8) is 0 Å². The summed E-state index contributed by atoms with van der Waals surface area (Å²) in [5.74, 6) is 0.945. The second-order valence-electron chi connectivity index (χ2n) is 8.90. The molecule has 2 aliphatic rings. The molecular weight excluding hydrogens is 482 g/mol. The molecule has 1 aromatic carbocycles. The Hall–Kier alpha value is -2.65. The number of hydrogen-bond donors (Lipinski definition) is 2. The van der Waals surface area contributed by atoms with Crippen LogP contribution in [-0.2, 0) is 4.79 Å². The van der Waals surface area contributed by atoms with Crippen molar-refractivity contribution in [3.05, 3.63) is 34.9 Å². The smallest absolute Gasteiger partial charge is 0.241 e. The van der Waals surface area contributed by atoms with Gasteiger partial charge in [0.1, 0.15) is 11.3 Å². The van der Waals surface area contributed by atoms with Crippen molar-refractivity contribution in [3.8, 4) is 11.4 Å². The highest BCUT2D eigenvalue weighted by atomic mass is 79.9. The number of rotatable bonds is 5. The zero-order chi connectivity index (χ0) is 22.9. The van der Waals surface area contributed by atoms with E-state index in [-0.39, 0.29) is 5.91 Å². The average Bonchev–Trinajstić information content (AvgIpc) is 3.28. The Balaban J connectivity index is 1.36. The Labute approximate surface area is 202 Å². The van der Waals surface area contributed by atoms with E-state index in [4.69, 9.17) is 4.98 Å². The summed E-state index contributed by atoms with van der Waals surface area (Å²) in [5.41, 5.74) is 4.68. The number of benzene rings is 1. The van der Waals surface area contributed by atoms with Crippen LogP contribution in [0.4, 0.5) is 11.4 Å². The number of piperidine rings is 1. The summed E-state index contributed by atoms with van der Waals surface area (Å²) in [6.07, 6.45) is 4.08. The Morgan fingerprint density at radius 1 is 1.15 bits per heavy atom. The summed E-state index contributed by atoms with van der Waals surface area (Å²) in [6, 6.07) is 8.66. The number of aromatic amines is 1. The molecule has 1 amide bonds. The molecule has 0 saturated carbocycles. The molecule has 0 bridgehead atoms. The van der Waals surface area contributed by atoms with Crippen LogP contribution in [0, 0.1) is 0 Å². The number of carbonyl (C=O) groups excluding carboxylic acids is 1. The number of pyridine rings is 1. The molecule has 174 valence electrons. The minimum absolute atomic E-state index is 0.152. The van der Waals surface area contributed by atoms with Crippen LogP contribution in [-0.4, -0.2) is 83.0 Å². The van der Waals surface area contributed by atoms with E-state index in [0.717, 1.165) is 84.0 Å². The predicted molar refractivity (Wildman–Crippen MR) is 136 cm³/mol. The third kappa shape index (κ3) is 4.56. The fraction of sp³-hybridized carbons (Fsp3) is 0.458. The van der Waals surface area contributed by atoms with Crippen molar-refractivity contribution < 1.29 is 4.79 Å². The lowest BCUT2D eigenvalue weighted by atomic mass is 10.0. The molecule has 33 heavy (non-hydrogen) atoms. The van der Waals surface area contributed by atoms with Crippen molar-refractivity contribution >= 4 is 44.4 Å². The highest BCUT2D eigenvalue weighted by molar-refractivity contribution is 9.10. The number of fused-ring (bicyclic) bond motifs is 1. The van der Waals surface area contributed by atoms with Gasteiger partial charge < -0.3 is 25.0 Å². The van der Waals surface area contributed by atoms with Gasteiger partial charge >= 0.3 is 0 Å². The third-order valence-corrected chi connectivity index (χ3v) is 7.41. The number of carbonyl (C=O) groups is 1. The van der Waals surface area contributed by atoms with E-state index in [1.807, 2.05) is 13.2 Å². The van der Waals surface area contributed by atoms with Gasteiger partial charge in [0.25, 0.3) is 0 Å². The number of piperazine rings is 1. The lowest BCUT2D eigenvalue weighted by Gasteiger charge is -2.33. The monoisotopic (exact) mass is 511 g/mol. The molecule has 0 atom stereocenters. The van der Waals surface area contributed by atoms with Crippen LogP contribution in [0.1, 0.15) is 19.8 Å². The van der Waals surface area contributed by atoms with Gasteiger partial charge in [-0.05, 0) is 59.6 Å². The molecule has 2 N–H and O–H groups in total. The molecule has 3 aromatic rings. The molecule has 8 nitrogen and oxygen atoms in total. The molecule has 0 unspecified atom stereocenters.